The molecule has 2 N–H and O–H groups in total. The van der Waals surface area contributed by atoms with Crippen LogP contribution in [0.5, 0.6) is 11.5 Å². The third kappa shape index (κ3) is 4.27. The van der Waals surface area contributed by atoms with E-state index in [0.717, 1.165) is 20.2 Å². The number of benzene rings is 2. The first-order chi connectivity index (χ1) is 11.6. The van der Waals surface area contributed by atoms with E-state index in [-0.39, 0.29) is 19.2 Å². The maximum Gasteiger partial charge on any atom is 0.259 e. The summed E-state index contributed by atoms with van der Waals surface area (Å²) in [6.07, 6.45) is 1.55. The second-order valence-corrected chi connectivity index (χ2v) is 6.65. The zero-order valence-electron chi connectivity index (χ0n) is 12.4. The van der Waals surface area contributed by atoms with Gasteiger partial charge in [-0.25, -0.2) is 5.43 Å². The molecule has 8 heteroatoms. The summed E-state index contributed by atoms with van der Waals surface area (Å²) in [5.74, 6) is 1.09. The van der Waals surface area contributed by atoms with Crippen LogP contribution in [-0.4, -0.2) is 25.5 Å². The summed E-state index contributed by atoms with van der Waals surface area (Å²) >= 11 is 6.79. The Bertz CT molecular complexity index is 779. The van der Waals surface area contributed by atoms with Gasteiger partial charge in [0.25, 0.3) is 5.91 Å². The summed E-state index contributed by atoms with van der Waals surface area (Å²) in [7, 11) is 0. The van der Waals surface area contributed by atoms with Crippen LogP contribution in [-0.2, 0) is 4.79 Å². The Hall–Kier alpha value is -2.06. The van der Waals surface area contributed by atoms with Crippen molar-refractivity contribution in [1.29, 1.82) is 0 Å². The molecule has 0 bridgehead atoms. The van der Waals surface area contributed by atoms with Crippen molar-refractivity contribution in [2.24, 2.45) is 5.10 Å². The Morgan fingerprint density at radius 2 is 1.88 bits per heavy atom. The van der Waals surface area contributed by atoms with Gasteiger partial charge in [0.15, 0.2) is 11.5 Å². The lowest BCUT2D eigenvalue weighted by Crippen LogP contribution is -2.25. The largest absolute Gasteiger partial charge is 0.454 e. The number of hydrazone groups is 1. The van der Waals surface area contributed by atoms with Gasteiger partial charge >= 0.3 is 0 Å². The highest BCUT2D eigenvalue weighted by molar-refractivity contribution is 9.10. The van der Waals surface area contributed by atoms with Gasteiger partial charge in [0, 0.05) is 20.2 Å². The molecular weight excluding hydrogens is 442 g/mol. The van der Waals surface area contributed by atoms with E-state index in [1.54, 1.807) is 18.3 Å². The topological polar surface area (TPSA) is 72.0 Å². The van der Waals surface area contributed by atoms with Crippen molar-refractivity contribution < 1.29 is 14.3 Å². The van der Waals surface area contributed by atoms with E-state index in [2.05, 4.69) is 47.7 Å². The van der Waals surface area contributed by atoms with Gasteiger partial charge in [0.1, 0.15) is 0 Å². The van der Waals surface area contributed by atoms with Crippen LogP contribution in [0, 0.1) is 0 Å². The van der Waals surface area contributed by atoms with Crippen LogP contribution in [0.25, 0.3) is 0 Å². The molecule has 0 spiro atoms. The fourth-order valence-corrected chi connectivity index (χ4v) is 2.68. The molecule has 0 atom stereocenters. The normalized spacial score (nSPS) is 12.4. The van der Waals surface area contributed by atoms with Crippen LogP contribution in [0.15, 0.2) is 50.4 Å². The van der Waals surface area contributed by atoms with Crippen molar-refractivity contribution in [3.63, 3.8) is 0 Å². The highest BCUT2D eigenvalue weighted by Crippen LogP contribution is 2.36. The second kappa shape index (κ2) is 7.67. The number of hydrogen-bond donors (Lipinski definition) is 2. The van der Waals surface area contributed by atoms with E-state index in [1.165, 1.54) is 0 Å². The van der Waals surface area contributed by atoms with Crippen molar-refractivity contribution in [2.45, 2.75) is 0 Å². The van der Waals surface area contributed by atoms with E-state index < -0.39 is 0 Å². The van der Waals surface area contributed by atoms with Crippen LogP contribution in [0.1, 0.15) is 5.56 Å². The first-order valence-corrected chi connectivity index (χ1v) is 8.61. The molecule has 1 aliphatic heterocycles. The molecule has 6 nitrogen and oxygen atoms in total. The van der Waals surface area contributed by atoms with Crippen molar-refractivity contribution in [2.75, 3.05) is 18.7 Å². The summed E-state index contributed by atoms with van der Waals surface area (Å²) in [5.41, 5.74) is 4.11. The number of ether oxygens (including phenoxy) is 2. The van der Waals surface area contributed by atoms with Crippen LogP contribution in [0.2, 0.25) is 0 Å². The number of nitrogens with one attached hydrogen (secondary N) is 2. The molecular formula is C16H13Br2N3O3. The minimum absolute atomic E-state index is 0.126. The Labute approximate surface area is 155 Å². The number of halogens is 2. The third-order valence-electron chi connectivity index (χ3n) is 3.18. The zero-order chi connectivity index (χ0) is 16.9. The maximum absolute atomic E-state index is 11.8. The van der Waals surface area contributed by atoms with E-state index in [0.29, 0.717) is 11.5 Å². The van der Waals surface area contributed by atoms with Crippen LogP contribution >= 0.6 is 31.9 Å². The number of rotatable bonds is 5. The van der Waals surface area contributed by atoms with Gasteiger partial charge in [-0.1, -0.05) is 15.9 Å². The molecule has 0 fully saturated rings. The Morgan fingerprint density at radius 1 is 1.17 bits per heavy atom. The van der Waals surface area contributed by atoms with E-state index in [9.17, 15) is 4.79 Å². The maximum atomic E-state index is 11.8. The van der Waals surface area contributed by atoms with Crippen LogP contribution < -0.4 is 20.2 Å². The van der Waals surface area contributed by atoms with E-state index in [4.69, 9.17) is 9.47 Å². The van der Waals surface area contributed by atoms with E-state index >= 15 is 0 Å². The van der Waals surface area contributed by atoms with Crippen molar-refractivity contribution >= 4 is 49.7 Å². The van der Waals surface area contributed by atoms with Gasteiger partial charge in [-0.05, 0) is 52.3 Å². The first kappa shape index (κ1) is 16.8. The molecule has 1 aliphatic rings. The van der Waals surface area contributed by atoms with Gasteiger partial charge in [-0.15, -0.1) is 0 Å². The van der Waals surface area contributed by atoms with E-state index in [1.807, 2.05) is 24.3 Å². The fraction of sp³-hybridized carbons (Fsp3) is 0.125. The minimum Gasteiger partial charge on any atom is -0.454 e. The quantitative estimate of drug-likeness (QED) is 0.535. The second-order valence-electron chi connectivity index (χ2n) is 4.88. The lowest BCUT2D eigenvalue weighted by molar-refractivity contribution is -0.119. The van der Waals surface area contributed by atoms with Crippen LogP contribution in [0.4, 0.5) is 5.69 Å². The van der Waals surface area contributed by atoms with Crippen molar-refractivity contribution in [3.8, 4) is 11.5 Å². The number of fused-ring (bicyclic) bond motifs is 1. The molecule has 24 heavy (non-hydrogen) atoms. The molecule has 0 aliphatic carbocycles. The Morgan fingerprint density at radius 3 is 2.62 bits per heavy atom. The first-order valence-electron chi connectivity index (χ1n) is 7.02. The van der Waals surface area contributed by atoms with Crippen molar-refractivity contribution in [3.05, 3.63) is 50.9 Å². The summed E-state index contributed by atoms with van der Waals surface area (Å²) in [6, 6.07) is 11.2. The summed E-state index contributed by atoms with van der Waals surface area (Å²) in [5, 5.41) is 6.97. The highest BCUT2D eigenvalue weighted by atomic mass is 79.9. The smallest absolute Gasteiger partial charge is 0.259 e. The van der Waals surface area contributed by atoms with Gasteiger partial charge in [-0.2, -0.15) is 5.10 Å². The molecule has 0 unspecified atom stereocenters. The van der Waals surface area contributed by atoms with Crippen molar-refractivity contribution in [1.82, 2.24) is 5.43 Å². The average Bonchev–Trinajstić information content (AvgIpc) is 3.01. The third-order valence-corrected chi connectivity index (χ3v) is 4.40. The summed E-state index contributed by atoms with van der Waals surface area (Å²) in [6.45, 7) is 0.335. The minimum atomic E-state index is -0.244. The van der Waals surface area contributed by atoms with Gasteiger partial charge in [-0.3, -0.25) is 4.79 Å². The molecule has 0 radical (unpaired) electrons. The molecule has 124 valence electrons. The SMILES string of the molecule is O=C(CNc1ccc(Br)cc1)N/N=C\c1cc2c(cc1Br)OCO2. The van der Waals surface area contributed by atoms with Gasteiger partial charge in [0.05, 0.1) is 12.8 Å². The number of carbonyl (C=O) groups is 1. The molecule has 2 aromatic carbocycles. The number of amides is 1. The van der Waals surface area contributed by atoms with Gasteiger partial charge in [0.2, 0.25) is 6.79 Å². The molecule has 0 saturated carbocycles. The molecule has 0 aromatic heterocycles. The molecule has 3 rings (SSSR count). The number of nitrogens with zero attached hydrogens (tertiary/aromatic N) is 1. The predicted octanol–water partition coefficient (Wildman–Crippen LogP) is 3.50. The molecule has 1 heterocycles. The Kier molecular flexibility index (Phi) is 5.37. The monoisotopic (exact) mass is 453 g/mol. The average molecular weight is 455 g/mol. The lowest BCUT2D eigenvalue weighted by Gasteiger charge is -2.05. The molecule has 0 saturated heterocycles. The predicted molar refractivity (Wildman–Crippen MR) is 98.6 cm³/mol. The Balaban J connectivity index is 1.52. The summed E-state index contributed by atoms with van der Waals surface area (Å²) < 4.78 is 12.4. The molecule has 1 amide bonds. The zero-order valence-corrected chi connectivity index (χ0v) is 15.6. The van der Waals surface area contributed by atoms with Gasteiger partial charge < -0.3 is 14.8 Å². The standard InChI is InChI=1S/C16H13Br2N3O3/c17-11-1-3-12(4-2-11)19-8-16(22)21-20-7-10-5-14-15(6-13(10)18)24-9-23-14/h1-7,19H,8-9H2,(H,21,22)/b20-7-. The molecule has 2 aromatic rings. The summed E-state index contributed by atoms with van der Waals surface area (Å²) in [4.78, 5) is 11.8. The highest BCUT2D eigenvalue weighted by Gasteiger charge is 2.15. The van der Waals surface area contributed by atoms with Crippen LogP contribution in [0.3, 0.4) is 0 Å². The number of carbonyl (C=O) groups excluding carboxylic acids is 1. The number of hydrogen-bond acceptors (Lipinski definition) is 5. The number of anilines is 1. The lowest BCUT2D eigenvalue weighted by atomic mass is 10.2. The fourth-order valence-electron chi connectivity index (χ4n) is 2.00.